The SMILES string of the molecule is COC(=O)c1cnccc1NS(=O)(=O)c1cnc(-c2ccccc2)nc1. The third-order valence-corrected chi connectivity index (χ3v) is 4.76. The molecule has 0 aliphatic carbocycles. The van der Waals surface area contributed by atoms with Gasteiger partial charge in [-0.3, -0.25) is 9.71 Å². The van der Waals surface area contributed by atoms with Gasteiger partial charge in [-0.1, -0.05) is 30.3 Å². The van der Waals surface area contributed by atoms with Gasteiger partial charge in [0.2, 0.25) is 0 Å². The molecule has 0 fully saturated rings. The average molecular weight is 370 g/mol. The minimum absolute atomic E-state index is 0.000370. The number of pyridine rings is 1. The summed E-state index contributed by atoms with van der Waals surface area (Å²) in [6.07, 6.45) is 4.99. The Kier molecular flexibility index (Phi) is 4.90. The van der Waals surface area contributed by atoms with Crippen LogP contribution < -0.4 is 4.72 Å². The van der Waals surface area contributed by atoms with Crippen LogP contribution in [0.15, 0.2) is 66.1 Å². The molecule has 0 spiro atoms. The van der Waals surface area contributed by atoms with Crippen molar-refractivity contribution in [3.05, 3.63) is 66.7 Å². The highest BCUT2D eigenvalue weighted by Crippen LogP contribution is 2.20. The molecule has 0 bridgehead atoms. The fourth-order valence-corrected chi connectivity index (χ4v) is 3.12. The summed E-state index contributed by atoms with van der Waals surface area (Å²) in [7, 11) is -2.79. The highest BCUT2D eigenvalue weighted by Gasteiger charge is 2.20. The highest BCUT2D eigenvalue weighted by atomic mass is 32.2. The van der Waals surface area contributed by atoms with E-state index >= 15 is 0 Å². The van der Waals surface area contributed by atoms with Crippen molar-refractivity contribution in [3.63, 3.8) is 0 Å². The van der Waals surface area contributed by atoms with Crippen LogP contribution in [0, 0.1) is 0 Å². The number of hydrogen-bond acceptors (Lipinski definition) is 7. The number of carbonyl (C=O) groups is 1. The summed E-state index contributed by atoms with van der Waals surface area (Å²) in [5.41, 5.74) is 0.825. The topological polar surface area (TPSA) is 111 Å². The lowest BCUT2D eigenvalue weighted by molar-refractivity contribution is 0.0601. The number of hydrogen-bond donors (Lipinski definition) is 1. The van der Waals surface area contributed by atoms with Gasteiger partial charge in [0.15, 0.2) is 5.82 Å². The van der Waals surface area contributed by atoms with Crippen molar-refractivity contribution in [3.8, 4) is 11.4 Å². The van der Waals surface area contributed by atoms with E-state index < -0.39 is 16.0 Å². The third kappa shape index (κ3) is 3.67. The molecule has 0 saturated heterocycles. The summed E-state index contributed by atoms with van der Waals surface area (Å²) in [6.45, 7) is 0. The molecule has 2 aromatic heterocycles. The molecule has 26 heavy (non-hydrogen) atoms. The fraction of sp³-hybridized carbons (Fsp3) is 0.0588. The number of aromatic nitrogens is 3. The Bertz CT molecular complexity index is 1020. The maximum atomic E-state index is 12.5. The van der Waals surface area contributed by atoms with Crippen LogP contribution in [-0.4, -0.2) is 36.4 Å². The van der Waals surface area contributed by atoms with Crippen LogP contribution in [0.3, 0.4) is 0 Å². The molecule has 0 atom stereocenters. The Hall–Kier alpha value is -3.33. The Morgan fingerprint density at radius 1 is 1.04 bits per heavy atom. The van der Waals surface area contributed by atoms with Crippen LogP contribution in [-0.2, 0) is 14.8 Å². The second kappa shape index (κ2) is 7.28. The summed E-state index contributed by atoms with van der Waals surface area (Å²) in [5, 5.41) is 0. The maximum absolute atomic E-state index is 12.5. The normalized spacial score (nSPS) is 11.0. The number of anilines is 1. The molecule has 9 heteroatoms. The quantitative estimate of drug-likeness (QED) is 0.685. The van der Waals surface area contributed by atoms with Crippen LogP contribution in [0.2, 0.25) is 0 Å². The number of nitrogens with one attached hydrogen (secondary N) is 1. The van der Waals surface area contributed by atoms with Crippen LogP contribution >= 0.6 is 0 Å². The Morgan fingerprint density at radius 2 is 1.73 bits per heavy atom. The number of rotatable bonds is 5. The van der Waals surface area contributed by atoms with Gasteiger partial charge in [-0.05, 0) is 6.07 Å². The summed E-state index contributed by atoms with van der Waals surface area (Å²) in [5.74, 6) is -0.296. The fourth-order valence-electron chi connectivity index (χ4n) is 2.15. The van der Waals surface area contributed by atoms with Gasteiger partial charge in [-0.15, -0.1) is 0 Å². The molecule has 8 nitrogen and oxygen atoms in total. The van der Waals surface area contributed by atoms with E-state index in [0.717, 1.165) is 5.56 Å². The Morgan fingerprint density at radius 3 is 2.38 bits per heavy atom. The number of sulfonamides is 1. The zero-order valence-corrected chi connectivity index (χ0v) is 14.5. The van der Waals surface area contributed by atoms with E-state index in [-0.39, 0.29) is 16.1 Å². The molecule has 0 aliphatic rings. The first-order valence-corrected chi connectivity index (χ1v) is 8.92. The molecule has 3 aromatic rings. The number of ether oxygens (including phenoxy) is 1. The van der Waals surface area contributed by atoms with E-state index in [1.807, 2.05) is 30.3 Å². The van der Waals surface area contributed by atoms with E-state index in [2.05, 4.69) is 24.4 Å². The number of nitrogens with zero attached hydrogens (tertiary/aromatic N) is 3. The molecular weight excluding hydrogens is 356 g/mol. The Balaban J connectivity index is 1.89. The Labute approximate surface area is 150 Å². The number of methoxy groups -OCH3 is 1. The maximum Gasteiger partial charge on any atom is 0.341 e. The second-order valence-corrected chi connectivity index (χ2v) is 6.81. The van der Waals surface area contributed by atoms with Crippen molar-refractivity contribution in [1.82, 2.24) is 15.0 Å². The van der Waals surface area contributed by atoms with Crippen molar-refractivity contribution >= 4 is 21.7 Å². The molecule has 2 heterocycles. The molecule has 0 radical (unpaired) electrons. The van der Waals surface area contributed by atoms with E-state index in [1.54, 1.807) is 0 Å². The van der Waals surface area contributed by atoms with Crippen molar-refractivity contribution in [2.24, 2.45) is 0 Å². The van der Waals surface area contributed by atoms with E-state index in [4.69, 9.17) is 0 Å². The van der Waals surface area contributed by atoms with E-state index in [0.29, 0.717) is 5.82 Å². The van der Waals surface area contributed by atoms with Gasteiger partial charge in [0, 0.05) is 18.0 Å². The largest absolute Gasteiger partial charge is 0.465 e. The molecule has 0 aliphatic heterocycles. The number of esters is 1. The molecular formula is C17H14N4O4S. The molecule has 132 valence electrons. The molecule has 1 N–H and O–H groups in total. The molecule has 3 rings (SSSR count). The summed E-state index contributed by atoms with van der Waals surface area (Å²) in [4.78, 5) is 23.6. The second-order valence-electron chi connectivity index (χ2n) is 5.13. The van der Waals surface area contributed by atoms with Crippen LogP contribution in [0.1, 0.15) is 10.4 Å². The van der Waals surface area contributed by atoms with Gasteiger partial charge in [0.25, 0.3) is 10.0 Å². The van der Waals surface area contributed by atoms with Crippen LogP contribution in [0.4, 0.5) is 5.69 Å². The van der Waals surface area contributed by atoms with Gasteiger partial charge in [0.1, 0.15) is 10.5 Å². The predicted octanol–water partition coefficient (Wildman–Crippen LogP) is 2.13. The first-order valence-electron chi connectivity index (χ1n) is 7.44. The first-order chi connectivity index (χ1) is 12.5. The third-order valence-electron chi connectivity index (χ3n) is 3.44. The zero-order valence-electron chi connectivity index (χ0n) is 13.7. The van der Waals surface area contributed by atoms with Gasteiger partial charge >= 0.3 is 5.97 Å². The first kappa shape index (κ1) is 17.5. The molecule has 0 amide bonds. The lowest BCUT2D eigenvalue weighted by atomic mass is 10.2. The molecule has 0 unspecified atom stereocenters. The minimum Gasteiger partial charge on any atom is -0.465 e. The molecule has 0 saturated carbocycles. The summed E-state index contributed by atoms with van der Waals surface area (Å²) in [6, 6.07) is 10.5. The van der Waals surface area contributed by atoms with Crippen molar-refractivity contribution < 1.29 is 17.9 Å². The van der Waals surface area contributed by atoms with Gasteiger partial charge < -0.3 is 4.74 Å². The van der Waals surface area contributed by atoms with Gasteiger partial charge in [0.05, 0.1) is 25.2 Å². The molecule has 1 aromatic carbocycles. The van der Waals surface area contributed by atoms with Crippen molar-refractivity contribution in [1.29, 1.82) is 0 Å². The number of benzene rings is 1. The van der Waals surface area contributed by atoms with Crippen LogP contribution in [0.25, 0.3) is 11.4 Å². The zero-order chi connectivity index (χ0) is 18.6. The predicted molar refractivity (Wildman–Crippen MR) is 93.9 cm³/mol. The summed E-state index contributed by atoms with van der Waals surface area (Å²) >= 11 is 0. The summed E-state index contributed by atoms with van der Waals surface area (Å²) < 4.78 is 32.1. The van der Waals surface area contributed by atoms with Crippen molar-refractivity contribution in [2.75, 3.05) is 11.8 Å². The minimum atomic E-state index is -3.99. The van der Waals surface area contributed by atoms with Gasteiger partial charge in [-0.2, -0.15) is 0 Å². The average Bonchev–Trinajstić information content (AvgIpc) is 2.68. The highest BCUT2D eigenvalue weighted by molar-refractivity contribution is 7.92. The van der Waals surface area contributed by atoms with Gasteiger partial charge in [-0.25, -0.2) is 23.2 Å². The van der Waals surface area contributed by atoms with Crippen LogP contribution in [0.5, 0.6) is 0 Å². The van der Waals surface area contributed by atoms with E-state index in [9.17, 15) is 13.2 Å². The monoisotopic (exact) mass is 370 g/mol. The van der Waals surface area contributed by atoms with E-state index in [1.165, 1.54) is 38.0 Å². The standard InChI is InChI=1S/C17H14N4O4S/c1-25-17(22)14-11-18-8-7-15(14)21-26(23,24)13-9-19-16(20-10-13)12-5-3-2-4-6-12/h2-11H,1H3,(H,18,21). The smallest absolute Gasteiger partial charge is 0.341 e. The lowest BCUT2D eigenvalue weighted by Gasteiger charge is -2.11. The lowest BCUT2D eigenvalue weighted by Crippen LogP contribution is -2.17. The number of carbonyl (C=O) groups excluding carboxylic acids is 1. The van der Waals surface area contributed by atoms with Crippen molar-refractivity contribution in [2.45, 2.75) is 4.90 Å².